The monoisotopic (exact) mass is 176 g/mol. The summed E-state index contributed by atoms with van der Waals surface area (Å²) in [6.07, 6.45) is -0.469. The van der Waals surface area contributed by atoms with Gasteiger partial charge in [0.1, 0.15) is 0 Å². The van der Waals surface area contributed by atoms with Gasteiger partial charge >= 0.3 is 0 Å². The second-order valence-electron chi connectivity index (χ2n) is 2.58. The summed E-state index contributed by atoms with van der Waals surface area (Å²) >= 11 is 0. The maximum atomic E-state index is 9.98. The number of hydrogen-bond donors (Lipinski definition) is 0. The summed E-state index contributed by atoms with van der Waals surface area (Å²) < 4.78 is 5.09. The summed E-state index contributed by atoms with van der Waals surface area (Å²) in [6, 6.07) is 0. The molecule has 1 rings (SSSR count). The summed E-state index contributed by atoms with van der Waals surface area (Å²) in [5.74, 6) is 0. The van der Waals surface area contributed by atoms with E-state index in [9.17, 15) is 10.1 Å². The second-order valence-corrected chi connectivity index (χ2v) is 2.58. The van der Waals surface area contributed by atoms with Crippen LogP contribution in [-0.4, -0.2) is 42.5 Å². The quantitative estimate of drug-likeness (QED) is 0.443. The Morgan fingerprint density at radius 1 is 1.58 bits per heavy atom. The van der Waals surface area contributed by atoms with Gasteiger partial charge in [0.25, 0.3) is 5.09 Å². The van der Waals surface area contributed by atoms with Crippen molar-refractivity contribution in [2.45, 2.75) is 13.2 Å². The van der Waals surface area contributed by atoms with Crippen molar-refractivity contribution in [2.75, 3.05) is 26.3 Å². The highest BCUT2D eigenvalue weighted by Crippen LogP contribution is 2.04. The lowest BCUT2D eigenvalue weighted by Crippen LogP contribution is -2.44. The van der Waals surface area contributed by atoms with E-state index in [0.717, 1.165) is 0 Å². The Morgan fingerprint density at radius 2 is 2.17 bits per heavy atom. The Labute approximate surface area is 70.2 Å². The molecule has 12 heavy (non-hydrogen) atoms. The molecule has 0 aliphatic carbocycles. The van der Waals surface area contributed by atoms with Gasteiger partial charge in [0.15, 0.2) is 6.23 Å². The van der Waals surface area contributed by atoms with Crippen LogP contribution in [0, 0.1) is 10.1 Å². The van der Waals surface area contributed by atoms with Crippen LogP contribution in [0.2, 0.25) is 0 Å². The van der Waals surface area contributed by atoms with Gasteiger partial charge in [-0.3, -0.25) is 9.74 Å². The summed E-state index contributed by atoms with van der Waals surface area (Å²) in [6.45, 7) is 4.27. The molecule has 0 N–H and O–H groups in total. The van der Waals surface area contributed by atoms with Crippen molar-refractivity contribution in [2.24, 2.45) is 0 Å². The molecule has 70 valence electrons. The minimum Gasteiger partial charge on any atom is -0.379 e. The summed E-state index contributed by atoms with van der Waals surface area (Å²) in [5, 5.41) is 9.21. The van der Waals surface area contributed by atoms with Crippen molar-refractivity contribution < 1.29 is 14.7 Å². The first-order valence-corrected chi connectivity index (χ1v) is 3.83. The number of hydrogen-bond acceptors (Lipinski definition) is 5. The molecule has 6 nitrogen and oxygen atoms in total. The molecule has 1 fully saturated rings. The molecule has 0 amide bonds. The van der Waals surface area contributed by atoms with Crippen molar-refractivity contribution in [1.82, 2.24) is 4.90 Å². The van der Waals surface area contributed by atoms with Crippen molar-refractivity contribution in [3.05, 3.63) is 10.1 Å². The molecule has 0 aromatic rings. The highest BCUT2D eigenvalue weighted by Gasteiger charge is 2.19. The predicted molar refractivity (Wildman–Crippen MR) is 39.9 cm³/mol. The third kappa shape index (κ3) is 2.63. The molecule has 0 bridgehead atoms. The summed E-state index contributed by atoms with van der Waals surface area (Å²) in [5.41, 5.74) is 0. The van der Waals surface area contributed by atoms with Crippen LogP contribution >= 0.6 is 0 Å². The van der Waals surface area contributed by atoms with Crippen LogP contribution in [-0.2, 0) is 9.57 Å². The third-order valence-corrected chi connectivity index (χ3v) is 1.80. The van der Waals surface area contributed by atoms with E-state index in [1.807, 2.05) is 4.90 Å². The Hall–Kier alpha value is -0.880. The predicted octanol–water partition coefficient (Wildman–Crippen LogP) is -0.127. The molecule has 1 heterocycles. The molecule has 1 aliphatic heterocycles. The van der Waals surface area contributed by atoms with Gasteiger partial charge in [0, 0.05) is 13.1 Å². The van der Waals surface area contributed by atoms with Crippen LogP contribution in [0.15, 0.2) is 0 Å². The third-order valence-electron chi connectivity index (χ3n) is 1.80. The molecule has 1 saturated heterocycles. The Kier molecular flexibility index (Phi) is 3.24. The van der Waals surface area contributed by atoms with E-state index >= 15 is 0 Å². The zero-order valence-corrected chi connectivity index (χ0v) is 6.93. The second kappa shape index (κ2) is 4.22. The van der Waals surface area contributed by atoms with Gasteiger partial charge in [-0.25, -0.2) is 0 Å². The van der Waals surface area contributed by atoms with E-state index in [-0.39, 0.29) is 0 Å². The Bertz CT molecular complexity index is 158. The highest BCUT2D eigenvalue weighted by atomic mass is 17.0. The zero-order chi connectivity index (χ0) is 8.97. The highest BCUT2D eigenvalue weighted by molar-refractivity contribution is 4.61. The first kappa shape index (κ1) is 9.21. The number of rotatable bonds is 3. The average Bonchev–Trinajstić information content (AvgIpc) is 2.05. The maximum absolute atomic E-state index is 9.98. The van der Waals surface area contributed by atoms with Crippen LogP contribution in [0.1, 0.15) is 6.92 Å². The average molecular weight is 176 g/mol. The van der Waals surface area contributed by atoms with Gasteiger partial charge in [-0.1, -0.05) is 0 Å². The number of nitrogens with zero attached hydrogens (tertiary/aromatic N) is 2. The first-order valence-electron chi connectivity index (χ1n) is 3.83. The molecular formula is C6H12N2O4. The van der Waals surface area contributed by atoms with Crippen molar-refractivity contribution in [3.63, 3.8) is 0 Å². The van der Waals surface area contributed by atoms with E-state index in [2.05, 4.69) is 4.84 Å². The fourth-order valence-electron chi connectivity index (χ4n) is 1.13. The van der Waals surface area contributed by atoms with Gasteiger partial charge in [-0.2, -0.15) is 0 Å². The van der Waals surface area contributed by atoms with Crippen LogP contribution in [0.5, 0.6) is 0 Å². The topological polar surface area (TPSA) is 64.8 Å². The van der Waals surface area contributed by atoms with E-state index < -0.39 is 11.3 Å². The van der Waals surface area contributed by atoms with Gasteiger partial charge in [0.05, 0.1) is 13.2 Å². The molecule has 0 aromatic heterocycles. The molecule has 1 unspecified atom stereocenters. The van der Waals surface area contributed by atoms with Crippen molar-refractivity contribution in [1.29, 1.82) is 0 Å². The fraction of sp³-hybridized carbons (Fsp3) is 1.00. The van der Waals surface area contributed by atoms with Gasteiger partial charge in [-0.05, 0) is 6.92 Å². The van der Waals surface area contributed by atoms with E-state index in [1.165, 1.54) is 0 Å². The molecule has 1 atom stereocenters. The van der Waals surface area contributed by atoms with Crippen LogP contribution < -0.4 is 0 Å². The lowest BCUT2D eigenvalue weighted by atomic mass is 10.4. The summed E-state index contributed by atoms with van der Waals surface area (Å²) in [4.78, 5) is 16.2. The number of morpholine rings is 1. The van der Waals surface area contributed by atoms with Crippen LogP contribution in [0.25, 0.3) is 0 Å². The standard InChI is InChI=1S/C6H12N2O4/c1-6(12-8(9)10)7-2-4-11-5-3-7/h6H,2-5H2,1H3. The van der Waals surface area contributed by atoms with E-state index in [1.54, 1.807) is 6.92 Å². The molecule has 6 heteroatoms. The molecule has 0 radical (unpaired) electrons. The molecule has 0 saturated carbocycles. The van der Waals surface area contributed by atoms with E-state index in [4.69, 9.17) is 4.74 Å². The van der Waals surface area contributed by atoms with Gasteiger partial charge in [-0.15, -0.1) is 10.1 Å². The Morgan fingerprint density at radius 3 is 2.67 bits per heavy atom. The maximum Gasteiger partial charge on any atom is 0.296 e. The van der Waals surface area contributed by atoms with Crippen molar-refractivity contribution >= 4 is 0 Å². The minimum absolute atomic E-state index is 0.469. The zero-order valence-electron chi connectivity index (χ0n) is 6.93. The molecular weight excluding hydrogens is 164 g/mol. The smallest absolute Gasteiger partial charge is 0.296 e. The minimum atomic E-state index is -0.764. The van der Waals surface area contributed by atoms with E-state index in [0.29, 0.717) is 26.3 Å². The molecule has 0 spiro atoms. The van der Waals surface area contributed by atoms with Crippen molar-refractivity contribution in [3.8, 4) is 0 Å². The lowest BCUT2D eigenvalue weighted by Gasteiger charge is -2.30. The summed E-state index contributed by atoms with van der Waals surface area (Å²) in [7, 11) is 0. The van der Waals surface area contributed by atoms with Gasteiger partial charge < -0.3 is 4.74 Å². The fourth-order valence-corrected chi connectivity index (χ4v) is 1.13. The molecule has 0 aromatic carbocycles. The van der Waals surface area contributed by atoms with Gasteiger partial charge in [0.2, 0.25) is 0 Å². The SMILES string of the molecule is CC(O[N+](=O)[O-])N1CCOCC1. The Balaban J connectivity index is 2.29. The van der Waals surface area contributed by atoms with Crippen LogP contribution in [0.3, 0.4) is 0 Å². The number of ether oxygens (including phenoxy) is 1. The molecule has 1 aliphatic rings. The largest absolute Gasteiger partial charge is 0.379 e. The first-order chi connectivity index (χ1) is 5.70. The van der Waals surface area contributed by atoms with Crippen LogP contribution in [0.4, 0.5) is 0 Å². The lowest BCUT2D eigenvalue weighted by molar-refractivity contribution is -0.773. The normalized spacial score (nSPS) is 21.8.